The van der Waals surface area contributed by atoms with Crippen molar-refractivity contribution in [1.82, 2.24) is 0 Å². The SMILES string of the molecule is Cc1cc(C)cc(OC(=O)Nc2cccc(F)c2)c1. The summed E-state index contributed by atoms with van der Waals surface area (Å²) in [6, 6.07) is 11.1. The fourth-order valence-electron chi connectivity index (χ4n) is 1.81. The van der Waals surface area contributed by atoms with Gasteiger partial charge in [0.25, 0.3) is 0 Å². The fourth-order valence-corrected chi connectivity index (χ4v) is 1.81. The highest BCUT2D eigenvalue weighted by Crippen LogP contribution is 2.17. The van der Waals surface area contributed by atoms with E-state index in [9.17, 15) is 9.18 Å². The Hall–Kier alpha value is -2.36. The molecule has 1 N–H and O–H groups in total. The Labute approximate surface area is 111 Å². The van der Waals surface area contributed by atoms with Gasteiger partial charge in [0.15, 0.2) is 0 Å². The summed E-state index contributed by atoms with van der Waals surface area (Å²) in [5, 5.41) is 2.47. The molecule has 0 fully saturated rings. The third kappa shape index (κ3) is 3.81. The number of benzene rings is 2. The summed E-state index contributed by atoms with van der Waals surface area (Å²) in [7, 11) is 0. The van der Waals surface area contributed by atoms with Crippen LogP contribution in [0.25, 0.3) is 0 Å². The summed E-state index contributed by atoms with van der Waals surface area (Å²) < 4.78 is 18.1. The van der Waals surface area contributed by atoms with Crippen molar-refractivity contribution < 1.29 is 13.9 Å². The van der Waals surface area contributed by atoms with Crippen molar-refractivity contribution in [3.63, 3.8) is 0 Å². The summed E-state index contributed by atoms with van der Waals surface area (Å²) >= 11 is 0. The van der Waals surface area contributed by atoms with Crippen LogP contribution >= 0.6 is 0 Å². The second-order valence-electron chi connectivity index (χ2n) is 4.35. The summed E-state index contributed by atoms with van der Waals surface area (Å²) in [5.41, 5.74) is 2.37. The molecule has 0 aliphatic rings. The summed E-state index contributed by atoms with van der Waals surface area (Å²) in [5.74, 6) is 0.0515. The van der Waals surface area contributed by atoms with Gasteiger partial charge in [0.1, 0.15) is 11.6 Å². The Morgan fingerprint density at radius 1 is 1.11 bits per heavy atom. The van der Waals surface area contributed by atoms with Gasteiger partial charge in [-0.2, -0.15) is 0 Å². The number of aryl methyl sites for hydroxylation is 2. The van der Waals surface area contributed by atoms with Crippen molar-refractivity contribution in [2.45, 2.75) is 13.8 Å². The Kier molecular flexibility index (Phi) is 3.80. The highest BCUT2D eigenvalue weighted by molar-refractivity contribution is 5.86. The van der Waals surface area contributed by atoms with E-state index >= 15 is 0 Å². The maximum absolute atomic E-state index is 13.0. The van der Waals surface area contributed by atoms with E-state index in [4.69, 9.17) is 4.74 Å². The molecule has 2 aromatic carbocycles. The lowest BCUT2D eigenvalue weighted by Gasteiger charge is -2.08. The van der Waals surface area contributed by atoms with E-state index < -0.39 is 11.9 Å². The molecule has 0 spiro atoms. The first-order chi connectivity index (χ1) is 9.02. The van der Waals surface area contributed by atoms with Crippen LogP contribution in [-0.4, -0.2) is 6.09 Å². The minimum Gasteiger partial charge on any atom is -0.410 e. The Balaban J connectivity index is 2.05. The van der Waals surface area contributed by atoms with Crippen LogP contribution in [0.3, 0.4) is 0 Å². The first-order valence-corrected chi connectivity index (χ1v) is 5.85. The normalized spacial score (nSPS) is 10.1. The van der Waals surface area contributed by atoms with E-state index in [1.807, 2.05) is 19.9 Å². The van der Waals surface area contributed by atoms with Crippen LogP contribution in [0.15, 0.2) is 42.5 Å². The number of amides is 1. The largest absolute Gasteiger partial charge is 0.417 e. The van der Waals surface area contributed by atoms with E-state index in [-0.39, 0.29) is 0 Å². The molecule has 0 aliphatic heterocycles. The van der Waals surface area contributed by atoms with Crippen LogP contribution in [0.2, 0.25) is 0 Å². The Morgan fingerprint density at radius 3 is 2.42 bits per heavy atom. The molecule has 19 heavy (non-hydrogen) atoms. The van der Waals surface area contributed by atoms with Crippen molar-refractivity contribution in [1.29, 1.82) is 0 Å². The average molecular weight is 259 g/mol. The minimum atomic E-state index is -0.643. The molecule has 0 radical (unpaired) electrons. The number of nitrogens with one attached hydrogen (secondary N) is 1. The van der Waals surface area contributed by atoms with Gasteiger partial charge < -0.3 is 4.74 Å². The van der Waals surface area contributed by atoms with Gasteiger partial charge in [0, 0.05) is 5.69 Å². The highest BCUT2D eigenvalue weighted by Gasteiger charge is 2.06. The maximum atomic E-state index is 13.0. The van der Waals surface area contributed by atoms with Gasteiger partial charge in [0.05, 0.1) is 0 Å². The molecule has 0 aliphatic carbocycles. The molecular formula is C15H14FNO2. The van der Waals surface area contributed by atoms with Crippen molar-refractivity contribution >= 4 is 11.8 Å². The van der Waals surface area contributed by atoms with Crippen molar-refractivity contribution in [3.8, 4) is 5.75 Å². The predicted octanol–water partition coefficient (Wildman–Crippen LogP) is 4.05. The van der Waals surface area contributed by atoms with Crippen LogP contribution in [0.5, 0.6) is 5.75 Å². The van der Waals surface area contributed by atoms with Gasteiger partial charge in [-0.15, -0.1) is 0 Å². The molecule has 2 aromatic rings. The summed E-state index contributed by atoms with van der Waals surface area (Å²) in [6.45, 7) is 3.84. The molecule has 4 heteroatoms. The number of carbonyl (C=O) groups excluding carboxylic acids is 1. The molecule has 1 amide bonds. The third-order valence-electron chi connectivity index (χ3n) is 2.48. The molecule has 0 aromatic heterocycles. The van der Waals surface area contributed by atoms with Crippen LogP contribution in [-0.2, 0) is 0 Å². The van der Waals surface area contributed by atoms with Gasteiger partial charge in [-0.25, -0.2) is 9.18 Å². The molecule has 0 bridgehead atoms. The molecule has 0 unspecified atom stereocenters. The monoisotopic (exact) mass is 259 g/mol. The zero-order valence-corrected chi connectivity index (χ0v) is 10.7. The van der Waals surface area contributed by atoms with Gasteiger partial charge in [-0.1, -0.05) is 12.1 Å². The number of ether oxygens (including phenoxy) is 1. The number of anilines is 1. The first kappa shape index (κ1) is 13.1. The van der Waals surface area contributed by atoms with Crippen LogP contribution in [0, 0.1) is 19.7 Å². The molecule has 0 saturated heterocycles. The molecule has 2 rings (SSSR count). The fraction of sp³-hybridized carbons (Fsp3) is 0.133. The van der Waals surface area contributed by atoms with Crippen molar-refractivity contribution in [3.05, 3.63) is 59.4 Å². The van der Waals surface area contributed by atoms with Gasteiger partial charge in [0.2, 0.25) is 0 Å². The Bertz CT molecular complexity index is 591. The van der Waals surface area contributed by atoms with Crippen LogP contribution in [0.1, 0.15) is 11.1 Å². The van der Waals surface area contributed by atoms with Gasteiger partial charge in [-0.3, -0.25) is 5.32 Å². The number of hydrogen-bond acceptors (Lipinski definition) is 2. The number of rotatable bonds is 2. The number of halogens is 1. The zero-order chi connectivity index (χ0) is 13.8. The van der Waals surface area contributed by atoms with Crippen molar-refractivity contribution in [2.75, 3.05) is 5.32 Å². The second kappa shape index (κ2) is 5.52. The maximum Gasteiger partial charge on any atom is 0.417 e. The number of hydrogen-bond donors (Lipinski definition) is 1. The smallest absolute Gasteiger partial charge is 0.410 e. The lowest BCUT2D eigenvalue weighted by molar-refractivity contribution is 0.215. The highest BCUT2D eigenvalue weighted by atomic mass is 19.1. The third-order valence-corrected chi connectivity index (χ3v) is 2.48. The van der Waals surface area contributed by atoms with E-state index in [2.05, 4.69) is 5.32 Å². The summed E-state index contributed by atoms with van der Waals surface area (Å²) in [6.07, 6.45) is -0.643. The lowest BCUT2D eigenvalue weighted by Crippen LogP contribution is -2.16. The van der Waals surface area contributed by atoms with E-state index in [0.717, 1.165) is 11.1 Å². The Morgan fingerprint density at radius 2 is 1.79 bits per heavy atom. The first-order valence-electron chi connectivity index (χ1n) is 5.85. The molecule has 0 heterocycles. The minimum absolute atomic E-state index is 0.356. The quantitative estimate of drug-likeness (QED) is 0.883. The number of carbonyl (C=O) groups is 1. The van der Waals surface area contributed by atoms with Gasteiger partial charge in [-0.05, 0) is 55.3 Å². The molecule has 3 nitrogen and oxygen atoms in total. The lowest BCUT2D eigenvalue weighted by atomic mass is 10.1. The van der Waals surface area contributed by atoms with Crippen LogP contribution < -0.4 is 10.1 Å². The van der Waals surface area contributed by atoms with Crippen LogP contribution in [0.4, 0.5) is 14.9 Å². The average Bonchev–Trinajstić information content (AvgIpc) is 2.26. The zero-order valence-electron chi connectivity index (χ0n) is 10.7. The van der Waals surface area contributed by atoms with Gasteiger partial charge >= 0.3 is 6.09 Å². The van der Waals surface area contributed by atoms with E-state index in [0.29, 0.717) is 11.4 Å². The summed E-state index contributed by atoms with van der Waals surface area (Å²) in [4.78, 5) is 11.7. The topological polar surface area (TPSA) is 38.3 Å². The molecule has 98 valence electrons. The second-order valence-corrected chi connectivity index (χ2v) is 4.35. The molecular weight excluding hydrogens is 245 g/mol. The molecule has 0 atom stereocenters. The van der Waals surface area contributed by atoms with E-state index in [1.54, 1.807) is 18.2 Å². The molecule has 0 saturated carbocycles. The predicted molar refractivity (Wildman–Crippen MR) is 72.0 cm³/mol. The van der Waals surface area contributed by atoms with E-state index in [1.165, 1.54) is 18.2 Å². The standard InChI is InChI=1S/C15H14FNO2/c1-10-6-11(2)8-14(7-10)19-15(18)17-13-5-3-4-12(16)9-13/h3-9H,1-2H3,(H,17,18). The van der Waals surface area contributed by atoms with Crippen molar-refractivity contribution in [2.24, 2.45) is 0 Å².